The van der Waals surface area contributed by atoms with E-state index in [1.54, 1.807) is 17.5 Å². The SMILES string of the molecule is O=C(c1n[nH]c2c1CCCC2)N(Cc1cccnc1)Cc1ccsc1. The van der Waals surface area contributed by atoms with E-state index in [-0.39, 0.29) is 5.91 Å². The van der Waals surface area contributed by atoms with Crippen molar-refractivity contribution in [3.63, 3.8) is 0 Å². The lowest BCUT2D eigenvalue weighted by Gasteiger charge is -2.22. The van der Waals surface area contributed by atoms with Gasteiger partial charge in [0.25, 0.3) is 5.91 Å². The summed E-state index contributed by atoms with van der Waals surface area (Å²) < 4.78 is 0. The fraction of sp³-hybridized carbons (Fsp3) is 0.316. The number of hydrogen-bond acceptors (Lipinski definition) is 4. The average Bonchev–Trinajstić information content (AvgIpc) is 3.31. The molecular weight excluding hydrogens is 332 g/mol. The summed E-state index contributed by atoms with van der Waals surface area (Å²) >= 11 is 1.65. The fourth-order valence-corrected chi connectivity index (χ4v) is 3.98. The summed E-state index contributed by atoms with van der Waals surface area (Å²) in [5.74, 6) is -0.00514. The van der Waals surface area contributed by atoms with E-state index in [2.05, 4.69) is 26.6 Å². The summed E-state index contributed by atoms with van der Waals surface area (Å²) in [6.07, 6.45) is 7.78. The molecule has 3 aromatic heterocycles. The molecule has 0 spiro atoms. The van der Waals surface area contributed by atoms with Crippen LogP contribution in [0.5, 0.6) is 0 Å². The highest BCUT2D eigenvalue weighted by Crippen LogP contribution is 2.24. The molecule has 0 atom stereocenters. The molecule has 5 nitrogen and oxygen atoms in total. The van der Waals surface area contributed by atoms with Crippen molar-refractivity contribution in [2.75, 3.05) is 0 Å². The molecule has 1 N–H and O–H groups in total. The predicted molar refractivity (Wildman–Crippen MR) is 97.4 cm³/mol. The lowest BCUT2D eigenvalue weighted by Crippen LogP contribution is -2.31. The summed E-state index contributed by atoms with van der Waals surface area (Å²) in [5, 5.41) is 11.6. The zero-order valence-electron chi connectivity index (χ0n) is 13.9. The predicted octanol–water partition coefficient (Wildman–Crippen LogP) is 3.59. The van der Waals surface area contributed by atoms with Crippen LogP contribution >= 0.6 is 11.3 Å². The van der Waals surface area contributed by atoms with Crippen LogP contribution in [0.2, 0.25) is 0 Å². The minimum absolute atomic E-state index is 0.00514. The number of nitrogens with one attached hydrogen (secondary N) is 1. The Balaban J connectivity index is 1.62. The molecule has 1 aliphatic rings. The molecule has 4 rings (SSSR count). The summed E-state index contributed by atoms with van der Waals surface area (Å²) in [6, 6.07) is 5.97. The number of carbonyl (C=O) groups excluding carboxylic acids is 1. The molecule has 6 heteroatoms. The molecule has 3 heterocycles. The van der Waals surface area contributed by atoms with Gasteiger partial charge in [0, 0.05) is 36.7 Å². The minimum atomic E-state index is -0.00514. The second-order valence-corrected chi connectivity index (χ2v) is 7.17. The third-order valence-corrected chi connectivity index (χ3v) is 5.33. The highest BCUT2D eigenvalue weighted by Gasteiger charge is 2.26. The number of aromatic amines is 1. The van der Waals surface area contributed by atoms with Gasteiger partial charge in [0.05, 0.1) is 0 Å². The van der Waals surface area contributed by atoms with E-state index in [1.807, 2.05) is 28.6 Å². The normalized spacial score (nSPS) is 13.4. The average molecular weight is 352 g/mol. The van der Waals surface area contributed by atoms with Crippen LogP contribution in [0, 0.1) is 0 Å². The van der Waals surface area contributed by atoms with Gasteiger partial charge in [0.1, 0.15) is 0 Å². The van der Waals surface area contributed by atoms with Gasteiger partial charge in [-0.1, -0.05) is 6.07 Å². The van der Waals surface area contributed by atoms with Crippen molar-refractivity contribution < 1.29 is 4.79 Å². The van der Waals surface area contributed by atoms with E-state index in [0.717, 1.165) is 48.1 Å². The number of hydrogen-bond donors (Lipinski definition) is 1. The molecule has 0 unspecified atom stereocenters. The van der Waals surface area contributed by atoms with Crippen LogP contribution in [-0.4, -0.2) is 26.0 Å². The van der Waals surface area contributed by atoms with Crippen molar-refractivity contribution in [3.8, 4) is 0 Å². The van der Waals surface area contributed by atoms with E-state index >= 15 is 0 Å². The third-order valence-electron chi connectivity index (χ3n) is 4.60. The number of rotatable bonds is 5. The zero-order chi connectivity index (χ0) is 17.1. The summed E-state index contributed by atoms with van der Waals surface area (Å²) in [5.41, 5.74) is 5.00. The Morgan fingerprint density at radius 2 is 2.08 bits per heavy atom. The lowest BCUT2D eigenvalue weighted by molar-refractivity contribution is 0.0722. The van der Waals surface area contributed by atoms with Crippen LogP contribution in [-0.2, 0) is 25.9 Å². The second-order valence-electron chi connectivity index (χ2n) is 6.39. The summed E-state index contributed by atoms with van der Waals surface area (Å²) in [4.78, 5) is 19.3. The van der Waals surface area contributed by atoms with Gasteiger partial charge in [-0.15, -0.1) is 0 Å². The molecule has 0 saturated carbocycles. The van der Waals surface area contributed by atoms with Crippen molar-refractivity contribution >= 4 is 17.2 Å². The number of aryl methyl sites for hydroxylation is 1. The minimum Gasteiger partial charge on any atom is -0.329 e. The number of amides is 1. The lowest BCUT2D eigenvalue weighted by atomic mass is 9.95. The molecular formula is C19H20N4OS. The smallest absolute Gasteiger partial charge is 0.275 e. The Bertz CT molecular complexity index is 842. The molecule has 1 amide bonds. The van der Waals surface area contributed by atoms with Crippen molar-refractivity contribution in [3.05, 3.63) is 69.4 Å². The van der Waals surface area contributed by atoms with Crippen LogP contribution in [0.1, 0.15) is 45.7 Å². The molecule has 0 radical (unpaired) electrons. The zero-order valence-corrected chi connectivity index (χ0v) is 14.8. The molecule has 0 fully saturated rings. The Hall–Kier alpha value is -2.47. The van der Waals surface area contributed by atoms with E-state index in [0.29, 0.717) is 18.8 Å². The van der Waals surface area contributed by atoms with E-state index in [1.165, 1.54) is 0 Å². The van der Waals surface area contributed by atoms with Crippen LogP contribution in [0.3, 0.4) is 0 Å². The maximum atomic E-state index is 13.2. The number of fused-ring (bicyclic) bond motifs is 1. The molecule has 0 bridgehead atoms. The Labute approximate surface area is 150 Å². The number of pyridine rings is 1. The van der Waals surface area contributed by atoms with Crippen LogP contribution in [0.4, 0.5) is 0 Å². The summed E-state index contributed by atoms with van der Waals surface area (Å²) in [7, 11) is 0. The molecule has 25 heavy (non-hydrogen) atoms. The van der Waals surface area contributed by atoms with Gasteiger partial charge in [0.15, 0.2) is 5.69 Å². The van der Waals surface area contributed by atoms with Gasteiger partial charge < -0.3 is 4.90 Å². The van der Waals surface area contributed by atoms with Crippen LogP contribution in [0.15, 0.2) is 41.4 Å². The Morgan fingerprint density at radius 3 is 2.88 bits per heavy atom. The first kappa shape index (κ1) is 16.0. The topological polar surface area (TPSA) is 61.9 Å². The van der Waals surface area contributed by atoms with Crippen molar-refractivity contribution in [2.24, 2.45) is 0 Å². The molecule has 0 aliphatic heterocycles. The quantitative estimate of drug-likeness (QED) is 0.763. The second kappa shape index (κ2) is 7.19. The van der Waals surface area contributed by atoms with Gasteiger partial charge >= 0.3 is 0 Å². The first-order valence-electron chi connectivity index (χ1n) is 8.56. The van der Waals surface area contributed by atoms with Gasteiger partial charge in [-0.2, -0.15) is 16.4 Å². The number of aromatic nitrogens is 3. The molecule has 128 valence electrons. The largest absolute Gasteiger partial charge is 0.329 e. The van der Waals surface area contributed by atoms with Gasteiger partial charge in [-0.3, -0.25) is 14.9 Å². The fourth-order valence-electron chi connectivity index (χ4n) is 3.32. The van der Waals surface area contributed by atoms with Crippen LogP contribution < -0.4 is 0 Å². The molecule has 1 aliphatic carbocycles. The number of thiophene rings is 1. The first-order chi connectivity index (χ1) is 12.3. The van der Waals surface area contributed by atoms with Gasteiger partial charge in [0.2, 0.25) is 0 Å². The van der Waals surface area contributed by atoms with Crippen molar-refractivity contribution in [1.29, 1.82) is 0 Å². The Morgan fingerprint density at radius 1 is 1.20 bits per heavy atom. The van der Waals surface area contributed by atoms with E-state index < -0.39 is 0 Å². The molecule has 0 saturated heterocycles. The number of H-pyrrole nitrogens is 1. The molecule has 3 aromatic rings. The number of nitrogens with zero attached hydrogens (tertiary/aromatic N) is 3. The number of carbonyl (C=O) groups is 1. The highest BCUT2D eigenvalue weighted by atomic mass is 32.1. The van der Waals surface area contributed by atoms with E-state index in [9.17, 15) is 4.79 Å². The van der Waals surface area contributed by atoms with Crippen molar-refractivity contribution in [1.82, 2.24) is 20.1 Å². The highest BCUT2D eigenvalue weighted by molar-refractivity contribution is 7.07. The Kier molecular flexibility index (Phi) is 4.61. The summed E-state index contributed by atoms with van der Waals surface area (Å²) in [6.45, 7) is 1.11. The molecule has 0 aromatic carbocycles. The van der Waals surface area contributed by atoms with Gasteiger partial charge in [-0.25, -0.2) is 0 Å². The maximum Gasteiger partial charge on any atom is 0.275 e. The van der Waals surface area contributed by atoms with E-state index in [4.69, 9.17) is 0 Å². The standard InChI is InChI=1S/C19H20N4OS/c24-19(18-16-5-1-2-6-17(16)21-22-18)23(12-15-7-9-25-13-15)11-14-4-3-8-20-10-14/h3-4,7-10,13H,1-2,5-6,11-12H2,(H,21,22). The van der Waals surface area contributed by atoms with Crippen LogP contribution in [0.25, 0.3) is 0 Å². The van der Waals surface area contributed by atoms with Crippen molar-refractivity contribution in [2.45, 2.75) is 38.8 Å². The monoisotopic (exact) mass is 352 g/mol. The first-order valence-corrected chi connectivity index (χ1v) is 9.51. The third kappa shape index (κ3) is 3.49. The van der Waals surface area contributed by atoms with Gasteiger partial charge in [-0.05, 0) is 59.7 Å². The maximum absolute atomic E-state index is 13.2.